The molecule has 61 heavy (non-hydrogen) atoms. The van der Waals surface area contributed by atoms with E-state index in [-0.39, 0.29) is 29.6 Å². The van der Waals surface area contributed by atoms with Crippen LogP contribution < -0.4 is 68.8 Å². The molecular weight excluding hydrogens is 815 g/mol. The molecule has 12 amide bonds. The van der Waals surface area contributed by atoms with Crippen molar-refractivity contribution in [3.8, 4) is 0 Å². The molecule has 1 radical (unpaired) electrons. The molecule has 0 heterocycles. The molecule has 24 nitrogen and oxygen atoms in total. The van der Waals surface area contributed by atoms with E-state index in [0.29, 0.717) is 0 Å². The Labute approximate surface area is 377 Å². The van der Waals surface area contributed by atoms with Crippen molar-refractivity contribution in [1.82, 2.24) is 0 Å². The van der Waals surface area contributed by atoms with Crippen LogP contribution in [0.15, 0.2) is 152 Å². The van der Waals surface area contributed by atoms with Crippen LogP contribution in [0.4, 0.5) is 0 Å². The summed E-state index contributed by atoms with van der Waals surface area (Å²) in [6.45, 7) is 37.0. The van der Waals surface area contributed by atoms with Crippen molar-refractivity contribution in [2.24, 2.45) is 68.8 Å². The van der Waals surface area contributed by atoms with Crippen LogP contribution in [-0.4, -0.2) is 100 Å². The van der Waals surface area contributed by atoms with Gasteiger partial charge in [-0.05, 0) is 72.9 Å². The van der Waals surface area contributed by atoms with E-state index in [0.717, 1.165) is 72.9 Å². The van der Waals surface area contributed by atoms with Gasteiger partial charge in [0.1, 0.15) is 0 Å². The summed E-state index contributed by atoms with van der Waals surface area (Å²) in [5, 5.41) is 0. The molecule has 0 fully saturated rings. The van der Waals surface area contributed by atoms with Gasteiger partial charge in [-0.2, -0.15) is 0 Å². The molecular formula is C36H60N12NaO12. The van der Waals surface area contributed by atoms with Crippen LogP contribution >= 0.6 is 0 Å². The number of carbonyl (C=O) groups excluding carboxylic acids is 12. The quantitative estimate of drug-likeness (QED) is 0.0653. The van der Waals surface area contributed by atoms with Crippen molar-refractivity contribution in [3.63, 3.8) is 0 Å². The number of rotatable bonds is 12. The fourth-order valence-electron chi connectivity index (χ4n) is 0. The Morgan fingerprint density at radius 3 is 0.197 bits per heavy atom. The van der Waals surface area contributed by atoms with Gasteiger partial charge < -0.3 is 68.8 Å². The third kappa shape index (κ3) is 525. The Hall–Kier alpha value is -8.48. The summed E-state index contributed by atoms with van der Waals surface area (Å²) in [7, 11) is 0. The average Bonchev–Trinajstić information content (AvgIpc) is 3.19. The predicted octanol–water partition coefficient (Wildman–Crippen LogP) is -4.49. The van der Waals surface area contributed by atoms with Crippen LogP contribution in [0.5, 0.6) is 0 Å². The Balaban J connectivity index is -0.0000000374. The summed E-state index contributed by atoms with van der Waals surface area (Å²) >= 11 is 0. The maximum Gasteiger partial charge on any atom is 0.240 e. The van der Waals surface area contributed by atoms with E-state index < -0.39 is 70.9 Å². The third-order valence-corrected chi connectivity index (χ3v) is 2.41. The van der Waals surface area contributed by atoms with Gasteiger partial charge in [0.05, 0.1) is 0 Å². The van der Waals surface area contributed by atoms with Gasteiger partial charge in [0, 0.05) is 29.6 Å². The van der Waals surface area contributed by atoms with Crippen LogP contribution in [0, 0.1) is 0 Å². The smallest absolute Gasteiger partial charge is 0.240 e. The van der Waals surface area contributed by atoms with Gasteiger partial charge >= 0.3 is 0 Å². The monoisotopic (exact) mass is 875 g/mol. The largest absolute Gasteiger partial charge is 0.366 e. The van der Waals surface area contributed by atoms with Gasteiger partial charge in [-0.15, -0.1) is 0 Å². The minimum Gasteiger partial charge on any atom is -0.366 e. The van der Waals surface area contributed by atoms with Crippen molar-refractivity contribution >= 4 is 100 Å². The normalized spacial score (nSPS) is 6.30. The van der Waals surface area contributed by atoms with Gasteiger partial charge in [-0.3, -0.25) is 57.5 Å². The van der Waals surface area contributed by atoms with Gasteiger partial charge in [-0.25, -0.2) is 0 Å². The molecule has 0 aromatic carbocycles. The number of hydrogen-bond donors (Lipinski definition) is 12. The van der Waals surface area contributed by atoms with E-state index in [4.69, 9.17) is 0 Å². The predicted molar refractivity (Wildman–Crippen MR) is 238 cm³/mol. The fourth-order valence-corrected chi connectivity index (χ4v) is 0. The fraction of sp³-hybridized carbons (Fsp3) is 0. The maximum atomic E-state index is 9.47. The molecule has 0 rings (SSSR count). The zero-order valence-electron chi connectivity index (χ0n) is 34.2. The van der Waals surface area contributed by atoms with Crippen molar-refractivity contribution in [2.45, 2.75) is 0 Å². The number of hydrogen-bond acceptors (Lipinski definition) is 12. The Bertz CT molecular complexity index is 1090. The molecule has 0 aliphatic heterocycles. The second-order valence-electron chi connectivity index (χ2n) is 7.28. The van der Waals surface area contributed by atoms with Crippen LogP contribution in [0.2, 0.25) is 0 Å². The molecule has 337 valence electrons. The van der Waals surface area contributed by atoms with Gasteiger partial charge in [0.15, 0.2) is 0 Å². The SMILES string of the molecule is C=CC(N)=O.C=CC(N)=O.C=CC(N)=O.C=CC(N)=O.C=CC(N)=O.C=CC(N)=O.C=CC(N)=O.C=CC(N)=O.C=CC(N)=O.C=CC(N)=O.C=CC(N)=O.C=CC(N)=O.[Na]. The maximum absolute atomic E-state index is 9.47. The van der Waals surface area contributed by atoms with Crippen LogP contribution in [0.25, 0.3) is 0 Å². The topological polar surface area (TPSA) is 517 Å². The Morgan fingerprint density at radius 2 is 0.197 bits per heavy atom. The zero-order chi connectivity index (χ0) is 51.4. The van der Waals surface area contributed by atoms with Gasteiger partial charge in [0.25, 0.3) is 0 Å². The summed E-state index contributed by atoms with van der Waals surface area (Å²) < 4.78 is 0. The molecule has 0 aliphatic carbocycles. The Morgan fingerprint density at radius 1 is 0.180 bits per heavy atom. The van der Waals surface area contributed by atoms with Crippen molar-refractivity contribution in [2.75, 3.05) is 0 Å². The molecule has 24 N–H and O–H groups in total. The molecule has 0 bridgehead atoms. The summed E-state index contributed by atoms with van der Waals surface area (Å²) in [4.78, 5) is 114. The van der Waals surface area contributed by atoms with E-state index in [2.05, 4.69) is 148 Å². The summed E-state index contributed by atoms with van der Waals surface area (Å²) in [6.07, 6.45) is 12.7. The van der Waals surface area contributed by atoms with Crippen molar-refractivity contribution in [3.05, 3.63) is 152 Å². The second-order valence-corrected chi connectivity index (χ2v) is 7.28. The summed E-state index contributed by atoms with van der Waals surface area (Å²) in [5.74, 6) is -5.78. The summed E-state index contributed by atoms with van der Waals surface area (Å²) in [6, 6.07) is 0. The number of primary amides is 12. The molecule has 0 atom stereocenters. The first-order chi connectivity index (χ1) is 27.2. The number of carbonyl (C=O) groups is 12. The minimum atomic E-state index is -0.481. The summed E-state index contributed by atoms with van der Waals surface area (Å²) in [5.41, 5.74) is 54.4. The minimum absolute atomic E-state index is 0. The van der Waals surface area contributed by atoms with E-state index >= 15 is 0 Å². The molecule has 0 aliphatic rings. The molecule has 0 aromatic rings. The van der Waals surface area contributed by atoms with Crippen LogP contribution in [0.1, 0.15) is 0 Å². The van der Waals surface area contributed by atoms with E-state index in [1.807, 2.05) is 0 Å². The van der Waals surface area contributed by atoms with Gasteiger partial charge in [-0.1, -0.05) is 78.9 Å². The second kappa shape index (κ2) is 84.2. The average molecular weight is 876 g/mol. The molecule has 0 unspecified atom stereocenters. The standard InChI is InChI=1S/12C3H5NO.Na/c12*1-2-3(4)5;/h12*2H,1H2,(H2,4,5);. The first kappa shape index (κ1) is 89.3. The zero-order valence-corrected chi connectivity index (χ0v) is 36.2. The van der Waals surface area contributed by atoms with Crippen LogP contribution in [0.3, 0.4) is 0 Å². The van der Waals surface area contributed by atoms with E-state index in [9.17, 15) is 57.5 Å². The number of nitrogens with two attached hydrogens (primary N) is 12. The Kier molecular flexibility index (Phi) is 123. The number of amides is 12. The molecule has 0 saturated heterocycles. The van der Waals surface area contributed by atoms with Crippen LogP contribution in [-0.2, 0) is 57.5 Å². The van der Waals surface area contributed by atoms with E-state index in [1.54, 1.807) is 0 Å². The van der Waals surface area contributed by atoms with E-state index in [1.165, 1.54) is 0 Å². The third-order valence-electron chi connectivity index (χ3n) is 2.41. The molecule has 25 heteroatoms. The molecule has 0 aromatic heterocycles. The van der Waals surface area contributed by atoms with Crippen molar-refractivity contribution < 1.29 is 57.5 Å². The first-order valence-corrected chi connectivity index (χ1v) is 14.3. The molecule has 0 spiro atoms. The van der Waals surface area contributed by atoms with Gasteiger partial charge in [0.2, 0.25) is 70.9 Å². The first-order valence-electron chi connectivity index (χ1n) is 14.3. The molecule has 0 saturated carbocycles. The van der Waals surface area contributed by atoms with Crippen molar-refractivity contribution in [1.29, 1.82) is 0 Å².